The summed E-state index contributed by atoms with van der Waals surface area (Å²) in [6.07, 6.45) is 4.10. The molecule has 0 spiro atoms. The van der Waals surface area contributed by atoms with Crippen LogP contribution < -0.4 is 5.73 Å². The molecular formula is C15H14N4O. The van der Waals surface area contributed by atoms with E-state index in [1.165, 1.54) is 0 Å². The summed E-state index contributed by atoms with van der Waals surface area (Å²) in [6, 6.07) is 13.1. The zero-order valence-electron chi connectivity index (χ0n) is 10.8. The van der Waals surface area contributed by atoms with E-state index in [2.05, 4.69) is 15.1 Å². The lowest BCUT2D eigenvalue weighted by Crippen LogP contribution is -2.12. The Labute approximate surface area is 116 Å². The highest BCUT2D eigenvalue weighted by molar-refractivity contribution is 5.23. The Morgan fingerprint density at radius 2 is 1.95 bits per heavy atom. The normalized spacial score (nSPS) is 12.2. The number of nitrogens with two attached hydrogens (primary N) is 1. The summed E-state index contributed by atoms with van der Waals surface area (Å²) in [4.78, 5) is 8.41. The Hall–Kier alpha value is -2.53. The van der Waals surface area contributed by atoms with Crippen LogP contribution in [0.5, 0.6) is 0 Å². The van der Waals surface area contributed by atoms with E-state index in [-0.39, 0.29) is 0 Å². The van der Waals surface area contributed by atoms with E-state index in [0.717, 1.165) is 11.1 Å². The zero-order chi connectivity index (χ0) is 13.8. The van der Waals surface area contributed by atoms with Crippen molar-refractivity contribution in [2.24, 2.45) is 5.73 Å². The molecule has 2 N–H and O–H groups in total. The number of aromatic nitrogens is 3. The third-order valence-corrected chi connectivity index (χ3v) is 2.99. The molecule has 0 saturated carbocycles. The SMILES string of the molecule is NC(c1ccccc1)c1nc(Cc2cccnc2)no1. The number of benzene rings is 1. The van der Waals surface area contributed by atoms with Crippen LogP contribution in [-0.4, -0.2) is 15.1 Å². The third kappa shape index (κ3) is 2.73. The summed E-state index contributed by atoms with van der Waals surface area (Å²) in [7, 11) is 0. The van der Waals surface area contributed by atoms with Gasteiger partial charge in [0.15, 0.2) is 5.82 Å². The van der Waals surface area contributed by atoms with E-state index < -0.39 is 6.04 Å². The molecule has 2 aromatic heterocycles. The first kappa shape index (κ1) is 12.5. The predicted molar refractivity (Wildman–Crippen MR) is 73.8 cm³/mol. The van der Waals surface area contributed by atoms with Gasteiger partial charge < -0.3 is 10.3 Å². The molecule has 20 heavy (non-hydrogen) atoms. The molecule has 0 bridgehead atoms. The van der Waals surface area contributed by atoms with Crippen LogP contribution in [-0.2, 0) is 6.42 Å². The second-order valence-corrected chi connectivity index (χ2v) is 4.48. The fraction of sp³-hybridized carbons (Fsp3) is 0.133. The van der Waals surface area contributed by atoms with Gasteiger partial charge in [-0.25, -0.2) is 0 Å². The molecule has 0 aliphatic carbocycles. The maximum atomic E-state index is 6.11. The van der Waals surface area contributed by atoms with Crippen molar-refractivity contribution >= 4 is 0 Å². The molecule has 1 atom stereocenters. The highest BCUT2D eigenvalue weighted by Crippen LogP contribution is 2.18. The Kier molecular flexibility index (Phi) is 3.52. The van der Waals surface area contributed by atoms with E-state index in [4.69, 9.17) is 10.3 Å². The average molecular weight is 266 g/mol. The lowest BCUT2D eigenvalue weighted by atomic mass is 10.1. The molecule has 0 radical (unpaired) electrons. The lowest BCUT2D eigenvalue weighted by molar-refractivity contribution is 0.363. The molecule has 0 aliphatic heterocycles. The molecule has 2 heterocycles. The van der Waals surface area contributed by atoms with Crippen molar-refractivity contribution in [2.75, 3.05) is 0 Å². The van der Waals surface area contributed by atoms with Crippen molar-refractivity contribution in [1.29, 1.82) is 0 Å². The maximum absolute atomic E-state index is 6.11. The number of rotatable bonds is 4. The predicted octanol–water partition coefficient (Wildman–Crippen LogP) is 2.10. The van der Waals surface area contributed by atoms with Gasteiger partial charge in [-0.1, -0.05) is 41.6 Å². The summed E-state index contributed by atoms with van der Waals surface area (Å²) in [5, 5.41) is 3.96. The van der Waals surface area contributed by atoms with E-state index in [0.29, 0.717) is 18.1 Å². The number of nitrogens with zero attached hydrogens (tertiary/aromatic N) is 3. The number of hydrogen-bond donors (Lipinski definition) is 1. The third-order valence-electron chi connectivity index (χ3n) is 2.99. The zero-order valence-corrected chi connectivity index (χ0v) is 10.8. The first-order valence-corrected chi connectivity index (χ1v) is 6.35. The fourth-order valence-corrected chi connectivity index (χ4v) is 1.95. The Balaban J connectivity index is 1.77. The second kappa shape index (κ2) is 5.63. The minimum Gasteiger partial charge on any atom is -0.337 e. The molecule has 100 valence electrons. The summed E-state index contributed by atoms with van der Waals surface area (Å²) < 4.78 is 5.25. The Morgan fingerprint density at radius 3 is 2.70 bits per heavy atom. The van der Waals surface area contributed by atoms with E-state index in [1.807, 2.05) is 42.5 Å². The van der Waals surface area contributed by atoms with Crippen LogP contribution in [0.15, 0.2) is 59.4 Å². The minimum atomic E-state index is -0.397. The standard InChI is InChI=1S/C15H14N4O/c16-14(12-6-2-1-3-7-12)15-18-13(19-20-15)9-11-5-4-8-17-10-11/h1-8,10,14H,9,16H2. The molecule has 3 rings (SSSR count). The molecule has 5 nitrogen and oxygen atoms in total. The van der Waals surface area contributed by atoms with Crippen molar-refractivity contribution in [3.63, 3.8) is 0 Å². The summed E-state index contributed by atoms with van der Waals surface area (Å²) in [5.41, 5.74) is 8.10. The summed E-state index contributed by atoms with van der Waals surface area (Å²) in [5.74, 6) is 1.04. The molecule has 1 unspecified atom stereocenters. The van der Waals surface area contributed by atoms with Crippen molar-refractivity contribution < 1.29 is 4.52 Å². The molecule has 0 amide bonds. The largest absolute Gasteiger partial charge is 0.337 e. The first-order valence-electron chi connectivity index (χ1n) is 6.35. The van der Waals surface area contributed by atoms with Gasteiger partial charge >= 0.3 is 0 Å². The van der Waals surface area contributed by atoms with Crippen LogP contribution >= 0.6 is 0 Å². The molecule has 5 heteroatoms. The molecule has 3 aromatic rings. The second-order valence-electron chi connectivity index (χ2n) is 4.48. The number of hydrogen-bond acceptors (Lipinski definition) is 5. The van der Waals surface area contributed by atoms with Gasteiger partial charge in [0, 0.05) is 18.8 Å². The van der Waals surface area contributed by atoms with Crippen molar-refractivity contribution in [1.82, 2.24) is 15.1 Å². The van der Waals surface area contributed by atoms with Gasteiger partial charge in [0.25, 0.3) is 0 Å². The molecular weight excluding hydrogens is 252 g/mol. The Bertz CT molecular complexity index is 667. The van der Waals surface area contributed by atoms with Gasteiger partial charge in [0.1, 0.15) is 6.04 Å². The molecule has 0 fully saturated rings. The van der Waals surface area contributed by atoms with Gasteiger partial charge in [-0.2, -0.15) is 4.98 Å². The maximum Gasteiger partial charge on any atom is 0.248 e. The highest BCUT2D eigenvalue weighted by Gasteiger charge is 2.16. The van der Waals surface area contributed by atoms with Crippen LogP contribution in [0.2, 0.25) is 0 Å². The topological polar surface area (TPSA) is 77.8 Å². The van der Waals surface area contributed by atoms with Crippen LogP contribution in [0.1, 0.15) is 28.9 Å². The lowest BCUT2D eigenvalue weighted by Gasteiger charge is -2.05. The monoisotopic (exact) mass is 266 g/mol. The fourth-order valence-electron chi connectivity index (χ4n) is 1.95. The molecule has 0 aliphatic rings. The van der Waals surface area contributed by atoms with E-state index in [9.17, 15) is 0 Å². The van der Waals surface area contributed by atoms with Gasteiger partial charge in [0.05, 0.1) is 0 Å². The van der Waals surface area contributed by atoms with Crippen LogP contribution in [0.25, 0.3) is 0 Å². The minimum absolute atomic E-state index is 0.397. The number of pyridine rings is 1. The van der Waals surface area contributed by atoms with Crippen molar-refractivity contribution in [3.8, 4) is 0 Å². The van der Waals surface area contributed by atoms with Gasteiger partial charge in [-0.15, -0.1) is 0 Å². The van der Waals surface area contributed by atoms with Crippen LogP contribution in [0.3, 0.4) is 0 Å². The Morgan fingerprint density at radius 1 is 1.10 bits per heavy atom. The van der Waals surface area contributed by atoms with Gasteiger partial charge in [0.2, 0.25) is 5.89 Å². The van der Waals surface area contributed by atoms with E-state index in [1.54, 1.807) is 12.4 Å². The summed E-state index contributed by atoms with van der Waals surface area (Å²) >= 11 is 0. The average Bonchev–Trinajstić information content (AvgIpc) is 2.97. The van der Waals surface area contributed by atoms with Gasteiger partial charge in [-0.3, -0.25) is 4.98 Å². The first-order chi connectivity index (χ1) is 9.83. The smallest absolute Gasteiger partial charge is 0.248 e. The van der Waals surface area contributed by atoms with Gasteiger partial charge in [-0.05, 0) is 17.2 Å². The van der Waals surface area contributed by atoms with Crippen molar-refractivity contribution in [2.45, 2.75) is 12.5 Å². The van der Waals surface area contributed by atoms with Crippen LogP contribution in [0.4, 0.5) is 0 Å². The summed E-state index contributed by atoms with van der Waals surface area (Å²) in [6.45, 7) is 0. The highest BCUT2D eigenvalue weighted by atomic mass is 16.5. The molecule has 0 saturated heterocycles. The molecule has 1 aromatic carbocycles. The van der Waals surface area contributed by atoms with Crippen LogP contribution in [0, 0.1) is 0 Å². The van der Waals surface area contributed by atoms with Crippen molar-refractivity contribution in [3.05, 3.63) is 77.7 Å². The quantitative estimate of drug-likeness (QED) is 0.782. The van der Waals surface area contributed by atoms with E-state index >= 15 is 0 Å².